The third-order valence-electron chi connectivity index (χ3n) is 18.3. The maximum absolute atomic E-state index is 14.0. The van der Waals surface area contributed by atoms with Gasteiger partial charge in [0.15, 0.2) is 49.8 Å². The van der Waals surface area contributed by atoms with E-state index in [0.717, 1.165) is 103 Å². The van der Waals surface area contributed by atoms with Gasteiger partial charge in [-0.1, -0.05) is 123 Å². The molecule has 89 heavy (non-hydrogen) atoms. The molecule has 6 aliphatic heterocycles. The summed E-state index contributed by atoms with van der Waals surface area (Å²) in [6.45, 7) is 12.2. The number of carbonyl (C=O) groups excluding carboxylic acids is 3. The molecule has 0 amide bonds. The van der Waals surface area contributed by atoms with E-state index >= 15 is 0 Å². The fourth-order valence-corrected chi connectivity index (χ4v) is 12.4. The molecule has 0 aromatic rings. The molecule has 3 unspecified atom stereocenters. The van der Waals surface area contributed by atoms with Crippen molar-refractivity contribution in [1.29, 1.82) is 0 Å². The summed E-state index contributed by atoms with van der Waals surface area (Å²) in [7, 11) is 0. The van der Waals surface area contributed by atoms with E-state index in [2.05, 4.69) is 13.8 Å². The Morgan fingerprint density at radius 1 is 0.494 bits per heavy atom. The number of carbonyl (C=O) groups is 3. The first-order valence-corrected chi connectivity index (χ1v) is 33.4. The highest BCUT2D eigenvalue weighted by Crippen LogP contribution is 2.39. The van der Waals surface area contributed by atoms with Crippen LogP contribution in [0, 0.1) is 5.92 Å². The number of aliphatic hydroxyl groups is 10. The van der Waals surface area contributed by atoms with Crippen molar-refractivity contribution < 1.29 is 127 Å². The normalized spacial score (nSPS) is 41.3. The Morgan fingerprint density at radius 2 is 1.02 bits per heavy atom. The molecule has 0 bridgehead atoms. The Bertz CT molecular complexity index is 2040. The largest absolute Gasteiger partial charge is 0.456 e. The molecular weight excluding hydrogens is 1170 g/mol. The zero-order valence-corrected chi connectivity index (χ0v) is 53.6. The fourth-order valence-electron chi connectivity index (χ4n) is 12.4. The molecule has 0 aliphatic carbocycles. The van der Waals surface area contributed by atoms with Gasteiger partial charge in [0.05, 0.1) is 49.1 Å². The molecule has 0 spiro atoms. The van der Waals surface area contributed by atoms with Gasteiger partial charge in [-0.25, -0.2) is 0 Å². The number of esters is 3. The Labute approximate surface area is 524 Å². The third-order valence-corrected chi connectivity index (χ3v) is 18.3. The van der Waals surface area contributed by atoms with Crippen LogP contribution in [0.1, 0.15) is 203 Å². The molecule has 26 heteroatoms. The topological polar surface area (TPSA) is 374 Å². The number of ether oxygens (including phenoxy) is 13. The van der Waals surface area contributed by atoms with Crippen molar-refractivity contribution in [3.63, 3.8) is 0 Å². The van der Waals surface area contributed by atoms with Crippen molar-refractivity contribution in [1.82, 2.24) is 0 Å². The molecule has 518 valence electrons. The second-order valence-corrected chi connectivity index (χ2v) is 25.6. The summed E-state index contributed by atoms with van der Waals surface area (Å²) in [6, 6.07) is 0. The molecule has 26 nitrogen and oxygen atoms in total. The van der Waals surface area contributed by atoms with E-state index in [4.69, 9.17) is 61.6 Å². The first-order chi connectivity index (χ1) is 42.5. The van der Waals surface area contributed by atoms with Crippen LogP contribution >= 0.6 is 0 Å². The second-order valence-electron chi connectivity index (χ2n) is 25.6. The molecule has 0 aromatic carbocycles. The minimum Gasteiger partial charge on any atom is -0.456 e. The molecule has 0 aromatic heterocycles. The van der Waals surface area contributed by atoms with Gasteiger partial charge >= 0.3 is 17.9 Å². The fraction of sp³-hybridized carbons (Fsp3) is 0.952. The van der Waals surface area contributed by atoms with Gasteiger partial charge in [-0.05, 0) is 67.2 Å². The Balaban J connectivity index is 1.29. The predicted octanol–water partition coefficient (Wildman–Crippen LogP) is 3.27. The minimum atomic E-state index is -2.00. The molecule has 6 heterocycles. The Hall–Kier alpha value is -2.39. The number of rotatable bonds is 25. The molecule has 28 atom stereocenters. The quantitative estimate of drug-likeness (QED) is 0.0356. The maximum Gasteiger partial charge on any atom is 0.311 e. The Kier molecular flexibility index (Phi) is 32.0. The number of hydrogen-bond acceptors (Lipinski definition) is 26. The van der Waals surface area contributed by atoms with Gasteiger partial charge in [0.2, 0.25) is 0 Å². The molecule has 6 rings (SSSR count). The monoisotopic (exact) mass is 1280 g/mol. The van der Waals surface area contributed by atoms with Crippen molar-refractivity contribution in [2.45, 2.75) is 369 Å². The summed E-state index contributed by atoms with van der Waals surface area (Å²) in [6.07, 6.45) is -22.6. The molecule has 6 aliphatic rings. The lowest BCUT2D eigenvalue weighted by molar-refractivity contribution is -0.395. The van der Waals surface area contributed by atoms with E-state index in [1.54, 1.807) is 6.92 Å². The van der Waals surface area contributed by atoms with Crippen molar-refractivity contribution in [2.75, 3.05) is 6.61 Å². The van der Waals surface area contributed by atoms with Crippen LogP contribution in [0.4, 0.5) is 0 Å². The first-order valence-electron chi connectivity index (χ1n) is 33.4. The zero-order chi connectivity index (χ0) is 65.1. The molecule has 10 N–H and O–H groups in total. The second kappa shape index (κ2) is 37.6. The summed E-state index contributed by atoms with van der Waals surface area (Å²) in [5, 5.41) is 113. The summed E-state index contributed by atoms with van der Waals surface area (Å²) < 4.78 is 81.0. The van der Waals surface area contributed by atoms with Crippen LogP contribution in [0.15, 0.2) is 0 Å². The average molecular weight is 1280 g/mol. The highest BCUT2D eigenvalue weighted by atomic mass is 16.8. The van der Waals surface area contributed by atoms with Crippen LogP contribution < -0.4 is 0 Å². The summed E-state index contributed by atoms with van der Waals surface area (Å²) in [4.78, 5) is 41.0. The van der Waals surface area contributed by atoms with Gasteiger partial charge in [-0.15, -0.1) is 0 Å². The highest BCUT2D eigenvalue weighted by molar-refractivity contribution is 5.73. The maximum atomic E-state index is 14.0. The average Bonchev–Trinajstić information content (AvgIpc) is 0.829. The van der Waals surface area contributed by atoms with E-state index in [0.29, 0.717) is 25.7 Å². The third kappa shape index (κ3) is 21.3. The molecule has 0 radical (unpaired) electrons. The number of unbranched alkanes of at least 4 members (excludes halogenated alkanes) is 10. The lowest BCUT2D eigenvalue weighted by Gasteiger charge is -2.50. The number of fused-ring (bicyclic) bond motifs is 2. The summed E-state index contributed by atoms with van der Waals surface area (Å²) in [5.74, 6) is -3.44. The van der Waals surface area contributed by atoms with Crippen LogP contribution in [0.25, 0.3) is 0 Å². The van der Waals surface area contributed by atoms with Crippen LogP contribution in [0.2, 0.25) is 0 Å². The lowest BCUT2D eigenvalue weighted by atomic mass is 9.95. The molecule has 6 saturated heterocycles. The summed E-state index contributed by atoms with van der Waals surface area (Å²) in [5.41, 5.74) is 0. The van der Waals surface area contributed by atoms with Gasteiger partial charge in [0.25, 0.3) is 0 Å². The van der Waals surface area contributed by atoms with Crippen molar-refractivity contribution >= 4 is 17.9 Å². The van der Waals surface area contributed by atoms with Crippen molar-refractivity contribution in [3.8, 4) is 0 Å². The number of aliphatic hydroxyl groups excluding tert-OH is 10. The summed E-state index contributed by atoms with van der Waals surface area (Å²) >= 11 is 0. The van der Waals surface area contributed by atoms with E-state index in [9.17, 15) is 65.4 Å². The SMILES string of the molecule is CCCCCCCCCCCC(=O)O[C@H]1[C@H](O[C@@H]2[C@@H](O)[C@H]3OC(=O)CCCCCCCCCC(CCCCC)O[C@@H]4O[C@H](C)[C@@H](O)[C@H](O)[C@H]4O[C@H]3O[C@H]2C)O[C@@H](C)[C@H](O[C@@H]2O[C@@H](C)[C@H](OC(=O)C(C)C(C)O)[C@@H](O)[C@H]2O[C@@H]2O[C@H](CO)[C@@H](O)[C@H](O)[C@H]2O)[C@H]1O. The predicted molar refractivity (Wildman–Crippen MR) is 314 cm³/mol. The highest BCUT2D eigenvalue weighted by Gasteiger charge is 2.58. The van der Waals surface area contributed by atoms with E-state index in [1.165, 1.54) is 41.0 Å². The van der Waals surface area contributed by atoms with E-state index in [-0.39, 0.29) is 18.9 Å². The van der Waals surface area contributed by atoms with Gasteiger partial charge in [0, 0.05) is 12.8 Å². The smallest absolute Gasteiger partial charge is 0.311 e. The first kappa shape index (κ1) is 75.6. The van der Waals surface area contributed by atoms with Crippen molar-refractivity contribution in [3.05, 3.63) is 0 Å². The molecule has 6 fully saturated rings. The lowest BCUT2D eigenvalue weighted by Crippen LogP contribution is -2.67. The van der Waals surface area contributed by atoms with Gasteiger partial charge < -0.3 is 113 Å². The Morgan fingerprint density at radius 3 is 1.66 bits per heavy atom. The van der Waals surface area contributed by atoms with Crippen LogP contribution in [0.3, 0.4) is 0 Å². The van der Waals surface area contributed by atoms with Crippen LogP contribution in [0.5, 0.6) is 0 Å². The van der Waals surface area contributed by atoms with Gasteiger partial charge in [0.1, 0.15) is 79.4 Å². The van der Waals surface area contributed by atoms with E-state index in [1.807, 2.05) is 0 Å². The zero-order valence-electron chi connectivity index (χ0n) is 53.6. The molecular formula is C63H110O26. The van der Waals surface area contributed by atoms with Crippen molar-refractivity contribution in [2.24, 2.45) is 5.92 Å². The van der Waals surface area contributed by atoms with E-state index < -0.39 is 190 Å². The molecule has 0 saturated carbocycles. The van der Waals surface area contributed by atoms with Gasteiger partial charge in [-0.3, -0.25) is 14.4 Å². The minimum absolute atomic E-state index is 0.0235. The standard InChI is InChI=1S/C63H110O26/c1-9-11-13-14-15-16-19-22-26-30-41(66)83-55-49(74)53(87-63-57(88-59-47(72)45(70)44(69)40(32-64)82-59)48(73)51(36(6)78-63)85-58(76)33(3)34(4)65)37(7)79-61(55)86-52-38(8)80-62-56(50(52)75)84-42(67)31-27-23-20-17-18-21-25-29-39(28-24-12-10-2)81-60-54(89-62)46(71)43(68)35(5)77-60/h33-40,43-57,59-65,68-75H,9-32H2,1-8H3/t33?,34?,35-,36+,37+,38+,39?,40-,43-,44-,45+,46+,47-,48-,49-,50-,51+,52+,53+,54-,55-,56-,57-,59+,60+,61+,62-,63+/m1/s1. The van der Waals surface area contributed by atoms with Crippen LogP contribution in [-0.4, -0.2) is 241 Å². The van der Waals surface area contributed by atoms with Crippen LogP contribution in [-0.2, 0) is 76.0 Å². The number of hydrogen-bond donors (Lipinski definition) is 10. The van der Waals surface area contributed by atoms with Gasteiger partial charge in [-0.2, -0.15) is 0 Å².